The van der Waals surface area contributed by atoms with Gasteiger partial charge < -0.3 is 11.1 Å². The van der Waals surface area contributed by atoms with E-state index in [2.05, 4.69) is 12.2 Å². The minimum absolute atomic E-state index is 0.260. The van der Waals surface area contributed by atoms with Gasteiger partial charge in [-0.25, -0.2) is 0 Å². The van der Waals surface area contributed by atoms with E-state index in [1.54, 1.807) is 11.3 Å². The van der Waals surface area contributed by atoms with Crippen LogP contribution in [-0.2, 0) is 0 Å². The summed E-state index contributed by atoms with van der Waals surface area (Å²) >= 11 is 1.61. The molecule has 4 heteroatoms. The van der Waals surface area contributed by atoms with Crippen LogP contribution in [0.15, 0.2) is 0 Å². The molecule has 0 spiro atoms. The maximum atomic E-state index is 12.4. The molecule has 0 atom stereocenters. The van der Waals surface area contributed by atoms with E-state index < -0.39 is 0 Å². The first kappa shape index (κ1) is 14.9. The molecule has 2 saturated carbocycles. The summed E-state index contributed by atoms with van der Waals surface area (Å²) in [4.78, 5) is 13.2. The number of ketones is 1. The van der Waals surface area contributed by atoms with Crippen LogP contribution in [-0.4, -0.2) is 12.3 Å². The number of rotatable bonds is 9. The summed E-state index contributed by atoms with van der Waals surface area (Å²) in [6.45, 7) is 3.23. The molecular formula is C17H26N2OS. The average molecular weight is 306 g/mol. The number of hydrogen-bond donors (Lipinski definition) is 2. The highest BCUT2D eigenvalue weighted by molar-refractivity contribution is 7.18. The van der Waals surface area contributed by atoms with Crippen LogP contribution in [0, 0.1) is 5.92 Å². The number of carbonyl (C=O) groups is 1. The Labute approximate surface area is 131 Å². The summed E-state index contributed by atoms with van der Waals surface area (Å²) < 4.78 is 0. The maximum Gasteiger partial charge on any atom is 0.178 e. The molecule has 0 bridgehead atoms. The number of carbonyl (C=O) groups excluding carboxylic acids is 1. The number of unbranched alkanes of at least 4 members (excludes halogenated alkanes) is 3. The molecule has 1 aromatic heterocycles. The number of anilines is 2. The molecule has 2 fully saturated rings. The van der Waals surface area contributed by atoms with Crippen molar-refractivity contribution in [1.82, 2.24) is 0 Å². The molecule has 3 rings (SSSR count). The van der Waals surface area contributed by atoms with E-state index in [4.69, 9.17) is 5.73 Å². The molecule has 0 unspecified atom stereocenters. The molecule has 1 aromatic rings. The van der Waals surface area contributed by atoms with E-state index in [0.29, 0.717) is 11.7 Å². The summed E-state index contributed by atoms with van der Waals surface area (Å²) in [5, 5.41) is 4.73. The topological polar surface area (TPSA) is 55.1 Å². The highest BCUT2D eigenvalue weighted by Crippen LogP contribution is 2.52. The summed E-state index contributed by atoms with van der Waals surface area (Å²) in [5.41, 5.74) is 8.35. The lowest BCUT2D eigenvalue weighted by Crippen LogP contribution is -2.03. The van der Waals surface area contributed by atoms with E-state index in [0.717, 1.165) is 30.0 Å². The first-order valence-corrected chi connectivity index (χ1v) is 9.24. The predicted molar refractivity (Wildman–Crippen MR) is 90.4 cm³/mol. The van der Waals surface area contributed by atoms with Gasteiger partial charge in [-0.3, -0.25) is 4.79 Å². The third-order valence-electron chi connectivity index (χ3n) is 4.46. The van der Waals surface area contributed by atoms with Crippen molar-refractivity contribution in [3.63, 3.8) is 0 Å². The van der Waals surface area contributed by atoms with Gasteiger partial charge in [-0.05, 0) is 38.0 Å². The zero-order chi connectivity index (χ0) is 14.8. The van der Waals surface area contributed by atoms with E-state index in [-0.39, 0.29) is 5.92 Å². The Hall–Kier alpha value is -1.03. The lowest BCUT2D eigenvalue weighted by molar-refractivity contribution is 0.0972. The monoisotopic (exact) mass is 306 g/mol. The first-order valence-electron chi connectivity index (χ1n) is 8.42. The Balaban J connectivity index is 1.69. The second kappa shape index (κ2) is 6.39. The van der Waals surface area contributed by atoms with Gasteiger partial charge in [-0.1, -0.05) is 26.2 Å². The molecule has 1 heterocycles. The van der Waals surface area contributed by atoms with Gasteiger partial charge in [0.2, 0.25) is 0 Å². The molecule has 21 heavy (non-hydrogen) atoms. The molecule has 0 aromatic carbocycles. The maximum absolute atomic E-state index is 12.4. The summed E-state index contributed by atoms with van der Waals surface area (Å²) in [7, 11) is 0. The fourth-order valence-corrected chi connectivity index (χ4v) is 4.09. The van der Waals surface area contributed by atoms with Crippen LogP contribution in [0.5, 0.6) is 0 Å². The highest BCUT2D eigenvalue weighted by Gasteiger charge is 2.37. The van der Waals surface area contributed by atoms with Gasteiger partial charge in [-0.15, -0.1) is 11.3 Å². The Morgan fingerprint density at radius 3 is 2.62 bits per heavy atom. The Kier molecular flexibility index (Phi) is 4.53. The second-order valence-electron chi connectivity index (χ2n) is 6.49. The molecule has 0 amide bonds. The van der Waals surface area contributed by atoms with Crippen molar-refractivity contribution in [2.45, 2.75) is 64.2 Å². The fraction of sp³-hybridized carbons (Fsp3) is 0.706. The SMILES string of the molecule is CCCCCCNc1sc(C(=O)C2CC2)c(N)c1C1CC1. The van der Waals surface area contributed by atoms with Crippen molar-refractivity contribution in [2.24, 2.45) is 5.92 Å². The molecule has 0 aliphatic heterocycles. The minimum Gasteiger partial charge on any atom is -0.397 e. The zero-order valence-corrected chi connectivity index (χ0v) is 13.7. The van der Waals surface area contributed by atoms with Gasteiger partial charge in [0.25, 0.3) is 0 Å². The number of nitrogen functional groups attached to an aromatic ring is 1. The molecule has 3 N–H and O–H groups in total. The normalized spacial score (nSPS) is 18.0. The number of nitrogens with one attached hydrogen (secondary N) is 1. The quantitative estimate of drug-likeness (QED) is 0.509. The molecule has 0 radical (unpaired) electrons. The number of hydrogen-bond acceptors (Lipinski definition) is 4. The van der Waals surface area contributed by atoms with Crippen molar-refractivity contribution in [1.29, 1.82) is 0 Å². The van der Waals surface area contributed by atoms with Crippen molar-refractivity contribution < 1.29 is 4.79 Å². The van der Waals surface area contributed by atoms with Crippen LogP contribution in [0.4, 0.5) is 10.7 Å². The van der Waals surface area contributed by atoms with Crippen molar-refractivity contribution in [2.75, 3.05) is 17.6 Å². The van der Waals surface area contributed by atoms with E-state index >= 15 is 0 Å². The van der Waals surface area contributed by atoms with Gasteiger partial charge in [-0.2, -0.15) is 0 Å². The van der Waals surface area contributed by atoms with Gasteiger partial charge in [0.1, 0.15) is 0 Å². The lowest BCUT2D eigenvalue weighted by atomic mass is 10.1. The third-order valence-corrected chi connectivity index (χ3v) is 5.65. The van der Waals surface area contributed by atoms with Crippen LogP contribution in [0.3, 0.4) is 0 Å². The summed E-state index contributed by atoms with van der Waals surface area (Å²) in [6, 6.07) is 0. The molecular weight excluding hydrogens is 280 g/mol. The first-order chi connectivity index (χ1) is 10.2. The lowest BCUT2D eigenvalue weighted by Gasteiger charge is -2.07. The van der Waals surface area contributed by atoms with Crippen LogP contribution in [0.2, 0.25) is 0 Å². The van der Waals surface area contributed by atoms with Crippen LogP contribution in [0.25, 0.3) is 0 Å². The third kappa shape index (κ3) is 3.42. The summed E-state index contributed by atoms with van der Waals surface area (Å²) in [5.74, 6) is 1.15. The average Bonchev–Trinajstić information content (AvgIpc) is 3.36. The molecule has 3 nitrogen and oxygen atoms in total. The number of thiophene rings is 1. The molecule has 0 saturated heterocycles. The smallest absolute Gasteiger partial charge is 0.178 e. The second-order valence-corrected chi connectivity index (χ2v) is 7.51. The number of nitrogens with two attached hydrogens (primary N) is 1. The van der Waals surface area contributed by atoms with Crippen molar-refractivity contribution in [3.8, 4) is 0 Å². The standard InChI is InChI=1S/C17H26N2OS/c1-2-3-4-5-10-19-17-13(11-6-7-11)14(18)16(21-17)15(20)12-8-9-12/h11-12,19H,2-10,18H2,1H3. The van der Waals surface area contributed by atoms with Crippen LogP contribution < -0.4 is 11.1 Å². The zero-order valence-electron chi connectivity index (χ0n) is 12.9. The fourth-order valence-electron chi connectivity index (χ4n) is 2.83. The van der Waals surface area contributed by atoms with Crippen LogP contribution >= 0.6 is 11.3 Å². The molecule has 2 aliphatic rings. The number of Topliss-reactive ketones (excluding diaryl/α,β-unsaturated/α-hetero) is 1. The van der Waals surface area contributed by atoms with Crippen molar-refractivity contribution in [3.05, 3.63) is 10.4 Å². The Morgan fingerprint density at radius 1 is 1.24 bits per heavy atom. The van der Waals surface area contributed by atoms with Crippen LogP contribution in [0.1, 0.15) is 79.4 Å². The molecule has 116 valence electrons. The highest BCUT2D eigenvalue weighted by atomic mass is 32.1. The Morgan fingerprint density at radius 2 is 2.00 bits per heavy atom. The minimum atomic E-state index is 0.260. The van der Waals surface area contributed by atoms with Gasteiger partial charge >= 0.3 is 0 Å². The van der Waals surface area contributed by atoms with E-state index in [1.807, 2.05) is 0 Å². The largest absolute Gasteiger partial charge is 0.397 e. The van der Waals surface area contributed by atoms with Crippen molar-refractivity contribution >= 4 is 27.8 Å². The predicted octanol–water partition coefficient (Wildman–Crippen LogP) is 4.79. The molecule has 2 aliphatic carbocycles. The Bertz CT molecular complexity index is 515. The van der Waals surface area contributed by atoms with E-state index in [1.165, 1.54) is 49.1 Å². The summed E-state index contributed by atoms with van der Waals surface area (Å²) in [6.07, 6.45) is 9.58. The van der Waals surface area contributed by atoms with Gasteiger partial charge in [0.05, 0.1) is 15.6 Å². The van der Waals surface area contributed by atoms with Gasteiger partial charge in [0.15, 0.2) is 5.78 Å². The van der Waals surface area contributed by atoms with E-state index in [9.17, 15) is 4.79 Å². The van der Waals surface area contributed by atoms with Gasteiger partial charge in [0, 0.05) is 18.0 Å².